The van der Waals surface area contributed by atoms with Gasteiger partial charge in [-0.05, 0) is 6.92 Å². The average molecular weight is 200 g/mol. The first-order valence-corrected chi connectivity index (χ1v) is 4.33. The number of aliphatic carboxylic acids is 1. The number of nitrogens with one attached hydrogen (secondary N) is 1. The molecule has 0 bridgehead atoms. The number of carboxylic acids is 1. The lowest BCUT2D eigenvalue weighted by molar-refractivity contribution is -0.151. The van der Waals surface area contributed by atoms with Crippen LogP contribution in [0.3, 0.4) is 0 Å². The molecule has 78 valence electrons. The average Bonchev–Trinajstić information content (AvgIpc) is 2.11. The maximum Gasteiger partial charge on any atom is 0.312 e. The fraction of sp³-hybridized carbons (Fsp3) is 0.625. The normalized spacial score (nSPS) is 22.1. The number of carbonyl (C=O) groups excluding carboxylic acids is 2. The summed E-state index contributed by atoms with van der Waals surface area (Å²) in [7, 11) is 0. The van der Waals surface area contributed by atoms with E-state index in [4.69, 9.17) is 5.11 Å². The van der Waals surface area contributed by atoms with Crippen molar-refractivity contribution in [1.82, 2.24) is 10.2 Å². The Kier molecular flexibility index (Phi) is 3.06. The number of piperazine rings is 1. The molecule has 1 saturated heterocycles. The van der Waals surface area contributed by atoms with Crippen molar-refractivity contribution >= 4 is 17.8 Å². The van der Waals surface area contributed by atoms with Gasteiger partial charge in [-0.15, -0.1) is 0 Å². The van der Waals surface area contributed by atoms with Crippen LogP contribution in [-0.2, 0) is 14.4 Å². The van der Waals surface area contributed by atoms with Gasteiger partial charge in [0.25, 0.3) is 0 Å². The number of carbonyl (C=O) groups is 3. The van der Waals surface area contributed by atoms with E-state index in [2.05, 4.69) is 5.32 Å². The van der Waals surface area contributed by atoms with Crippen molar-refractivity contribution in [1.29, 1.82) is 0 Å². The Morgan fingerprint density at radius 1 is 1.64 bits per heavy atom. The molecule has 1 fully saturated rings. The molecule has 14 heavy (non-hydrogen) atoms. The Labute approximate surface area is 80.9 Å². The largest absolute Gasteiger partial charge is 0.481 e. The Hall–Kier alpha value is -1.59. The summed E-state index contributed by atoms with van der Waals surface area (Å²) in [5.41, 5.74) is 0. The molecular formula is C8H12N2O4. The number of hydrogen-bond acceptors (Lipinski definition) is 3. The molecule has 0 aromatic carbocycles. The van der Waals surface area contributed by atoms with E-state index < -0.39 is 17.8 Å². The Bertz CT molecular complexity index is 277. The van der Waals surface area contributed by atoms with Crippen molar-refractivity contribution in [3.8, 4) is 0 Å². The topological polar surface area (TPSA) is 86.7 Å². The second kappa shape index (κ2) is 4.08. The van der Waals surface area contributed by atoms with Crippen LogP contribution in [0.4, 0.5) is 0 Å². The van der Waals surface area contributed by atoms with E-state index in [0.717, 1.165) is 0 Å². The van der Waals surface area contributed by atoms with Crippen molar-refractivity contribution in [2.24, 2.45) is 0 Å². The maximum absolute atomic E-state index is 11.3. The summed E-state index contributed by atoms with van der Waals surface area (Å²) in [6.45, 7) is 2.23. The quantitative estimate of drug-likeness (QED) is 0.561. The van der Waals surface area contributed by atoms with Crippen LogP contribution in [0.5, 0.6) is 0 Å². The van der Waals surface area contributed by atoms with Crippen molar-refractivity contribution in [3.05, 3.63) is 0 Å². The zero-order valence-corrected chi connectivity index (χ0v) is 7.82. The van der Waals surface area contributed by atoms with Gasteiger partial charge in [0, 0.05) is 19.1 Å². The molecule has 1 aliphatic heterocycles. The molecule has 0 spiro atoms. The number of rotatable bonds is 3. The van der Waals surface area contributed by atoms with Crippen LogP contribution < -0.4 is 5.32 Å². The molecule has 0 aliphatic carbocycles. The van der Waals surface area contributed by atoms with E-state index in [1.54, 1.807) is 6.92 Å². The molecule has 0 aromatic heterocycles. The minimum atomic E-state index is -0.976. The highest BCUT2D eigenvalue weighted by atomic mass is 16.4. The molecule has 6 nitrogen and oxygen atoms in total. The van der Waals surface area contributed by atoms with Crippen molar-refractivity contribution in [2.45, 2.75) is 19.4 Å². The number of hydrogen-bond donors (Lipinski definition) is 2. The Morgan fingerprint density at radius 2 is 2.29 bits per heavy atom. The summed E-state index contributed by atoms with van der Waals surface area (Å²) in [5.74, 6) is -2.28. The molecule has 1 rings (SSSR count). The molecule has 0 saturated carbocycles. The van der Waals surface area contributed by atoms with Gasteiger partial charge in [-0.3, -0.25) is 14.4 Å². The van der Waals surface area contributed by atoms with Crippen LogP contribution in [0.15, 0.2) is 0 Å². The predicted molar refractivity (Wildman–Crippen MR) is 46.4 cm³/mol. The second-order valence-electron chi connectivity index (χ2n) is 3.20. The van der Waals surface area contributed by atoms with Gasteiger partial charge < -0.3 is 15.3 Å². The van der Waals surface area contributed by atoms with Crippen LogP contribution >= 0.6 is 0 Å². The number of nitrogens with zero attached hydrogens (tertiary/aromatic N) is 1. The fourth-order valence-corrected chi connectivity index (χ4v) is 1.29. The van der Waals surface area contributed by atoms with Gasteiger partial charge in [-0.25, -0.2) is 0 Å². The molecule has 1 atom stereocenters. The van der Waals surface area contributed by atoms with Gasteiger partial charge in [0.05, 0.1) is 6.42 Å². The van der Waals surface area contributed by atoms with E-state index in [1.807, 2.05) is 0 Å². The number of carboxylic acid groups (broad SMARTS) is 1. The minimum Gasteiger partial charge on any atom is -0.481 e. The van der Waals surface area contributed by atoms with Gasteiger partial charge in [0.1, 0.15) is 0 Å². The van der Waals surface area contributed by atoms with Crippen LogP contribution in [0.25, 0.3) is 0 Å². The van der Waals surface area contributed by atoms with Crippen LogP contribution in [0.1, 0.15) is 13.3 Å². The highest BCUT2D eigenvalue weighted by molar-refractivity contribution is 6.35. The molecule has 6 heteroatoms. The van der Waals surface area contributed by atoms with E-state index in [-0.39, 0.29) is 19.0 Å². The lowest BCUT2D eigenvalue weighted by Gasteiger charge is -2.32. The van der Waals surface area contributed by atoms with E-state index in [1.165, 1.54) is 4.90 Å². The zero-order chi connectivity index (χ0) is 10.7. The van der Waals surface area contributed by atoms with E-state index >= 15 is 0 Å². The first kappa shape index (κ1) is 10.5. The smallest absolute Gasteiger partial charge is 0.312 e. The minimum absolute atomic E-state index is 0.0861. The van der Waals surface area contributed by atoms with E-state index in [0.29, 0.717) is 6.54 Å². The first-order valence-electron chi connectivity index (χ1n) is 4.33. The van der Waals surface area contributed by atoms with Gasteiger partial charge in [0.2, 0.25) is 0 Å². The summed E-state index contributed by atoms with van der Waals surface area (Å²) in [6.07, 6.45) is -0.136. The van der Waals surface area contributed by atoms with Crippen molar-refractivity contribution in [2.75, 3.05) is 13.1 Å². The fourth-order valence-electron chi connectivity index (χ4n) is 1.29. The highest BCUT2D eigenvalue weighted by Gasteiger charge is 2.31. The van der Waals surface area contributed by atoms with Gasteiger partial charge in [0.15, 0.2) is 0 Å². The molecular weight excluding hydrogens is 188 g/mol. The Morgan fingerprint density at radius 3 is 2.86 bits per heavy atom. The first-order chi connectivity index (χ1) is 6.52. The summed E-state index contributed by atoms with van der Waals surface area (Å²) in [5, 5.41) is 10.9. The number of amides is 2. The lowest BCUT2D eigenvalue weighted by Crippen LogP contribution is -2.57. The van der Waals surface area contributed by atoms with Crippen LogP contribution in [0.2, 0.25) is 0 Å². The van der Waals surface area contributed by atoms with E-state index in [9.17, 15) is 14.4 Å². The standard InChI is InChI=1S/C8H12N2O4/c1-5-4-9-7(13)8(14)10(5)3-2-6(11)12/h5H,2-4H2,1H3,(H,9,13)(H,11,12). The Balaban J connectivity index is 2.58. The third kappa shape index (κ3) is 2.21. The third-order valence-corrected chi connectivity index (χ3v) is 2.11. The molecule has 1 aliphatic rings. The monoisotopic (exact) mass is 200 g/mol. The van der Waals surface area contributed by atoms with Crippen LogP contribution in [0, 0.1) is 0 Å². The highest BCUT2D eigenvalue weighted by Crippen LogP contribution is 2.05. The SMILES string of the molecule is CC1CNC(=O)C(=O)N1CCC(=O)O. The maximum atomic E-state index is 11.3. The predicted octanol–water partition coefficient (Wildman–Crippen LogP) is -1.19. The summed E-state index contributed by atoms with van der Waals surface area (Å²) >= 11 is 0. The summed E-state index contributed by atoms with van der Waals surface area (Å²) < 4.78 is 0. The van der Waals surface area contributed by atoms with Gasteiger partial charge in [-0.1, -0.05) is 0 Å². The van der Waals surface area contributed by atoms with Crippen molar-refractivity contribution < 1.29 is 19.5 Å². The molecule has 1 heterocycles. The molecule has 0 aromatic rings. The molecule has 0 radical (unpaired) electrons. The molecule has 2 N–H and O–H groups in total. The third-order valence-electron chi connectivity index (χ3n) is 2.11. The van der Waals surface area contributed by atoms with Gasteiger partial charge >= 0.3 is 17.8 Å². The van der Waals surface area contributed by atoms with Gasteiger partial charge in [-0.2, -0.15) is 0 Å². The summed E-state index contributed by atoms with van der Waals surface area (Å²) in [6, 6.07) is -0.139. The summed E-state index contributed by atoms with van der Waals surface area (Å²) in [4.78, 5) is 33.8. The van der Waals surface area contributed by atoms with Crippen LogP contribution in [-0.4, -0.2) is 46.9 Å². The molecule has 2 amide bonds. The molecule has 1 unspecified atom stereocenters. The lowest BCUT2D eigenvalue weighted by atomic mass is 10.2. The zero-order valence-electron chi connectivity index (χ0n) is 7.82. The van der Waals surface area contributed by atoms with Crippen molar-refractivity contribution in [3.63, 3.8) is 0 Å². The second-order valence-corrected chi connectivity index (χ2v) is 3.20.